The van der Waals surface area contributed by atoms with Gasteiger partial charge in [0.25, 0.3) is 0 Å². The number of esters is 3. The van der Waals surface area contributed by atoms with Crippen LogP contribution in [0.2, 0.25) is 0 Å². The first-order valence-electron chi connectivity index (χ1n) is 32.8. The second-order valence-corrected chi connectivity index (χ2v) is 22.4. The predicted octanol–water partition coefficient (Wildman–Crippen LogP) is 22.2. The Balaban J connectivity index is 4.31. The summed E-state index contributed by atoms with van der Waals surface area (Å²) in [6, 6.07) is 0. The van der Waals surface area contributed by atoms with E-state index < -0.39 is 6.10 Å². The number of ether oxygens (including phenoxy) is 3. The fourth-order valence-corrected chi connectivity index (χ4v) is 10.0. The number of carbonyl (C=O) groups is 3. The lowest BCUT2D eigenvalue weighted by atomic mass is 10.0. The summed E-state index contributed by atoms with van der Waals surface area (Å²) in [6.45, 7) is 6.69. The van der Waals surface area contributed by atoms with E-state index >= 15 is 0 Å². The molecule has 0 rings (SSSR count). The van der Waals surface area contributed by atoms with Crippen LogP contribution in [0.1, 0.15) is 367 Å². The predicted molar refractivity (Wildman–Crippen MR) is 316 cm³/mol. The SMILES string of the molecule is CCCCC/C=C\C/C=C\CCCCCCCCCC(=O)OC[C@H](COC(=O)CCCCCCCCCCCCCCCCCCCCC)OC(=O)CCCCCCCCCCCCCCCCCCCCC. The Morgan fingerprint density at radius 3 is 0.781 bits per heavy atom. The molecule has 0 saturated heterocycles. The Labute approximate surface area is 455 Å². The van der Waals surface area contributed by atoms with Crippen LogP contribution in [0.25, 0.3) is 0 Å². The third kappa shape index (κ3) is 60.6. The largest absolute Gasteiger partial charge is 0.462 e. The van der Waals surface area contributed by atoms with Gasteiger partial charge in [-0.1, -0.05) is 321 Å². The van der Waals surface area contributed by atoms with Gasteiger partial charge in [-0.3, -0.25) is 14.4 Å². The maximum absolute atomic E-state index is 12.9. The molecular weight excluding hydrogens is 901 g/mol. The van der Waals surface area contributed by atoms with Crippen molar-refractivity contribution in [3.05, 3.63) is 24.3 Å². The average Bonchev–Trinajstić information content (AvgIpc) is 3.39. The maximum Gasteiger partial charge on any atom is 0.306 e. The number of hydrogen-bond acceptors (Lipinski definition) is 6. The van der Waals surface area contributed by atoms with Gasteiger partial charge in [-0.25, -0.2) is 0 Å². The molecule has 0 bridgehead atoms. The van der Waals surface area contributed by atoms with E-state index in [4.69, 9.17) is 14.2 Å². The molecule has 6 heteroatoms. The monoisotopic (exact) mass is 1030 g/mol. The Morgan fingerprint density at radius 2 is 0.493 bits per heavy atom. The van der Waals surface area contributed by atoms with Crippen LogP contribution in [0.3, 0.4) is 0 Å². The van der Waals surface area contributed by atoms with Crippen molar-refractivity contribution in [3.63, 3.8) is 0 Å². The Hall–Kier alpha value is -2.11. The summed E-state index contributed by atoms with van der Waals surface area (Å²) in [5, 5.41) is 0. The first-order chi connectivity index (χ1) is 36.0. The van der Waals surface area contributed by atoms with Crippen LogP contribution >= 0.6 is 0 Å². The molecule has 0 aliphatic heterocycles. The molecule has 0 N–H and O–H groups in total. The zero-order chi connectivity index (χ0) is 52.9. The first-order valence-corrected chi connectivity index (χ1v) is 32.8. The summed E-state index contributed by atoms with van der Waals surface area (Å²) in [6.07, 6.45) is 74.7. The second-order valence-electron chi connectivity index (χ2n) is 22.4. The molecule has 0 aliphatic rings. The lowest BCUT2D eigenvalue weighted by Crippen LogP contribution is -2.30. The smallest absolute Gasteiger partial charge is 0.306 e. The van der Waals surface area contributed by atoms with Gasteiger partial charge in [-0.15, -0.1) is 0 Å². The zero-order valence-corrected chi connectivity index (χ0v) is 49.4. The molecule has 0 aromatic heterocycles. The van der Waals surface area contributed by atoms with Crippen molar-refractivity contribution in [3.8, 4) is 0 Å². The van der Waals surface area contributed by atoms with Gasteiger partial charge in [0.2, 0.25) is 0 Å². The molecule has 0 aromatic carbocycles. The van der Waals surface area contributed by atoms with Gasteiger partial charge in [0, 0.05) is 19.3 Å². The zero-order valence-electron chi connectivity index (χ0n) is 49.4. The van der Waals surface area contributed by atoms with Gasteiger partial charge >= 0.3 is 17.9 Å². The van der Waals surface area contributed by atoms with Gasteiger partial charge in [-0.2, -0.15) is 0 Å². The van der Waals surface area contributed by atoms with E-state index in [1.807, 2.05) is 0 Å². The number of carbonyl (C=O) groups excluding carboxylic acids is 3. The molecule has 0 radical (unpaired) electrons. The average molecular weight is 1030 g/mol. The molecule has 6 nitrogen and oxygen atoms in total. The molecule has 0 fully saturated rings. The van der Waals surface area contributed by atoms with Crippen molar-refractivity contribution in [2.45, 2.75) is 374 Å². The quantitative estimate of drug-likeness (QED) is 0.0261. The summed E-state index contributed by atoms with van der Waals surface area (Å²) < 4.78 is 17.0. The highest BCUT2D eigenvalue weighted by Crippen LogP contribution is 2.18. The Bertz CT molecular complexity index is 1180. The number of allylic oxidation sites excluding steroid dienone is 4. The first kappa shape index (κ1) is 70.9. The summed E-state index contributed by atoms with van der Waals surface area (Å²) >= 11 is 0. The van der Waals surface area contributed by atoms with Crippen molar-refractivity contribution in [2.24, 2.45) is 0 Å². The normalized spacial score (nSPS) is 12.1. The molecule has 0 spiro atoms. The lowest BCUT2D eigenvalue weighted by molar-refractivity contribution is -0.167. The van der Waals surface area contributed by atoms with Crippen molar-refractivity contribution >= 4 is 17.9 Å². The van der Waals surface area contributed by atoms with Gasteiger partial charge in [0.15, 0.2) is 6.10 Å². The van der Waals surface area contributed by atoms with E-state index in [0.29, 0.717) is 19.3 Å². The summed E-state index contributed by atoms with van der Waals surface area (Å²) in [4.78, 5) is 38.4. The maximum atomic E-state index is 12.9. The Morgan fingerprint density at radius 1 is 0.274 bits per heavy atom. The highest BCUT2D eigenvalue weighted by atomic mass is 16.6. The summed E-state index contributed by atoms with van der Waals surface area (Å²) in [7, 11) is 0. The standard InChI is InChI=1S/C67H126O6/c1-4-7-10-13-16-19-22-25-28-31-33-36-39-42-45-48-51-54-57-60-66(69)72-63-64(62-71-65(68)59-56-53-50-47-44-41-38-35-30-27-24-21-18-15-12-9-6-3)73-67(70)61-58-55-52-49-46-43-40-37-34-32-29-26-23-20-17-14-11-8-5-2/h18,21,27,30,64H,4-17,19-20,22-26,28-29,31-63H2,1-3H3/b21-18-,30-27-/t64-/m1/s1. The van der Waals surface area contributed by atoms with Crippen LogP contribution in [0.15, 0.2) is 24.3 Å². The minimum atomic E-state index is -0.771. The summed E-state index contributed by atoms with van der Waals surface area (Å²) in [5.41, 5.74) is 0. The van der Waals surface area contributed by atoms with Crippen LogP contribution < -0.4 is 0 Å². The van der Waals surface area contributed by atoms with E-state index in [1.54, 1.807) is 0 Å². The van der Waals surface area contributed by atoms with E-state index in [1.165, 1.54) is 257 Å². The van der Waals surface area contributed by atoms with Crippen molar-refractivity contribution < 1.29 is 28.6 Å². The van der Waals surface area contributed by atoms with Crippen LogP contribution in [-0.2, 0) is 28.6 Å². The lowest BCUT2D eigenvalue weighted by Gasteiger charge is -2.18. The van der Waals surface area contributed by atoms with Gasteiger partial charge < -0.3 is 14.2 Å². The van der Waals surface area contributed by atoms with Crippen LogP contribution in [-0.4, -0.2) is 37.2 Å². The number of unbranched alkanes of at least 4 members (excludes halogenated alkanes) is 46. The molecule has 0 heterocycles. The molecule has 73 heavy (non-hydrogen) atoms. The van der Waals surface area contributed by atoms with Crippen molar-refractivity contribution in [2.75, 3.05) is 13.2 Å². The second kappa shape index (κ2) is 62.4. The van der Waals surface area contributed by atoms with Gasteiger partial charge in [0.1, 0.15) is 13.2 Å². The molecule has 0 aliphatic carbocycles. The number of hydrogen-bond donors (Lipinski definition) is 0. The third-order valence-corrected chi connectivity index (χ3v) is 15.0. The Kier molecular flexibility index (Phi) is 60.6. The van der Waals surface area contributed by atoms with Crippen molar-refractivity contribution in [1.82, 2.24) is 0 Å². The van der Waals surface area contributed by atoms with Gasteiger partial charge in [0.05, 0.1) is 0 Å². The van der Waals surface area contributed by atoms with Crippen molar-refractivity contribution in [1.29, 1.82) is 0 Å². The van der Waals surface area contributed by atoms with E-state index in [9.17, 15) is 14.4 Å². The summed E-state index contributed by atoms with van der Waals surface area (Å²) in [5.74, 6) is -0.845. The molecular formula is C67H126O6. The van der Waals surface area contributed by atoms with Crippen LogP contribution in [0, 0.1) is 0 Å². The van der Waals surface area contributed by atoms with Crippen LogP contribution in [0.4, 0.5) is 0 Å². The number of rotatable bonds is 61. The van der Waals surface area contributed by atoms with E-state index in [-0.39, 0.29) is 31.1 Å². The third-order valence-electron chi connectivity index (χ3n) is 15.0. The molecule has 0 saturated carbocycles. The fourth-order valence-electron chi connectivity index (χ4n) is 10.0. The molecule has 430 valence electrons. The van der Waals surface area contributed by atoms with E-state index in [0.717, 1.165) is 70.6 Å². The minimum Gasteiger partial charge on any atom is -0.462 e. The topological polar surface area (TPSA) is 78.9 Å². The van der Waals surface area contributed by atoms with Crippen LogP contribution in [0.5, 0.6) is 0 Å². The molecule has 1 atom stereocenters. The highest BCUT2D eigenvalue weighted by molar-refractivity contribution is 5.71. The molecule has 0 amide bonds. The molecule has 0 unspecified atom stereocenters. The molecule has 0 aromatic rings. The highest BCUT2D eigenvalue weighted by Gasteiger charge is 2.19. The van der Waals surface area contributed by atoms with E-state index in [2.05, 4.69) is 45.1 Å². The minimum absolute atomic E-state index is 0.0673. The fraction of sp³-hybridized carbons (Fsp3) is 0.896. The van der Waals surface area contributed by atoms with Gasteiger partial charge in [-0.05, 0) is 51.4 Å².